The molecule has 0 N–H and O–H groups in total. The van der Waals surface area contributed by atoms with Crippen LogP contribution in [-0.4, -0.2) is 4.98 Å². The van der Waals surface area contributed by atoms with Crippen molar-refractivity contribution < 1.29 is 0 Å². The lowest BCUT2D eigenvalue weighted by molar-refractivity contribution is 1.48. The molecular formula is C25H17NS. The van der Waals surface area contributed by atoms with Gasteiger partial charge in [0.15, 0.2) is 0 Å². The number of aromatic nitrogens is 1. The van der Waals surface area contributed by atoms with Crippen molar-refractivity contribution in [3.05, 3.63) is 97.1 Å². The second-order valence-electron chi connectivity index (χ2n) is 6.52. The minimum atomic E-state index is 1.05. The highest BCUT2D eigenvalue weighted by molar-refractivity contribution is 7.21. The molecule has 0 unspecified atom stereocenters. The third kappa shape index (κ3) is 2.75. The Labute approximate surface area is 162 Å². The number of nitrogens with zero attached hydrogens (tertiary/aromatic N) is 1. The van der Waals surface area contributed by atoms with Crippen LogP contribution in [0.4, 0.5) is 0 Å². The van der Waals surface area contributed by atoms with Crippen LogP contribution >= 0.6 is 11.3 Å². The molecular weight excluding hydrogens is 346 g/mol. The molecule has 0 aliphatic carbocycles. The van der Waals surface area contributed by atoms with Gasteiger partial charge in [0.05, 0.1) is 10.2 Å². The van der Waals surface area contributed by atoms with Crippen LogP contribution in [0.2, 0.25) is 0 Å². The summed E-state index contributed by atoms with van der Waals surface area (Å²) in [7, 11) is 0. The number of fused-ring (bicyclic) bond motifs is 2. The number of benzene rings is 4. The van der Waals surface area contributed by atoms with E-state index in [9.17, 15) is 0 Å². The Morgan fingerprint density at radius 1 is 0.778 bits per heavy atom. The van der Waals surface area contributed by atoms with Gasteiger partial charge in [0.1, 0.15) is 5.01 Å². The van der Waals surface area contributed by atoms with Gasteiger partial charge < -0.3 is 0 Å². The maximum atomic E-state index is 4.96. The highest BCUT2D eigenvalue weighted by atomic mass is 32.1. The molecule has 0 aliphatic heterocycles. The maximum Gasteiger partial charge on any atom is 0.125 e. The van der Waals surface area contributed by atoms with E-state index in [1.165, 1.54) is 32.2 Å². The van der Waals surface area contributed by atoms with Crippen LogP contribution in [0.3, 0.4) is 0 Å². The third-order valence-corrected chi connectivity index (χ3v) is 5.95. The minimum absolute atomic E-state index is 1.05. The average molecular weight is 363 g/mol. The summed E-state index contributed by atoms with van der Waals surface area (Å²) in [4.78, 5) is 4.96. The summed E-state index contributed by atoms with van der Waals surface area (Å²) < 4.78 is 1.22. The summed E-state index contributed by atoms with van der Waals surface area (Å²) in [5, 5.41) is 3.54. The fourth-order valence-corrected chi connectivity index (χ4v) is 4.56. The van der Waals surface area contributed by atoms with Crippen molar-refractivity contribution >= 4 is 38.4 Å². The lowest BCUT2D eigenvalue weighted by atomic mass is 9.94. The van der Waals surface area contributed by atoms with Crippen LogP contribution in [-0.2, 0) is 0 Å². The van der Waals surface area contributed by atoms with Gasteiger partial charge in [-0.15, -0.1) is 11.3 Å². The maximum absolute atomic E-state index is 4.96. The number of rotatable bonds is 3. The number of para-hydroxylation sites is 1. The van der Waals surface area contributed by atoms with Gasteiger partial charge >= 0.3 is 0 Å². The Balaban J connectivity index is 1.82. The van der Waals surface area contributed by atoms with Gasteiger partial charge in [0.25, 0.3) is 0 Å². The molecule has 0 bridgehead atoms. The minimum Gasteiger partial charge on any atom is -0.236 e. The average Bonchev–Trinajstić information content (AvgIpc) is 3.17. The Morgan fingerprint density at radius 2 is 1.56 bits per heavy atom. The molecule has 0 radical (unpaired) electrons. The smallest absolute Gasteiger partial charge is 0.125 e. The first-order chi connectivity index (χ1) is 13.3. The van der Waals surface area contributed by atoms with E-state index >= 15 is 0 Å². The zero-order chi connectivity index (χ0) is 18.2. The summed E-state index contributed by atoms with van der Waals surface area (Å²) in [6.07, 6.45) is 1.87. The van der Waals surface area contributed by atoms with Gasteiger partial charge in [-0.05, 0) is 39.6 Å². The predicted octanol–water partition coefficient (Wildman–Crippen LogP) is 7.43. The zero-order valence-corrected chi connectivity index (χ0v) is 15.5. The van der Waals surface area contributed by atoms with E-state index in [2.05, 4.69) is 85.4 Å². The van der Waals surface area contributed by atoms with Crippen LogP contribution in [0, 0.1) is 0 Å². The summed E-state index contributed by atoms with van der Waals surface area (Å²) in [6.45, 7) is 3.86. The Hall–Kier alpha value is -3.23. The van der Waals surface area contributed by atoms with E-state index < -0.39 is 0 Å². The van der Waals surface area contributed by atoms with Crippen molar-refractivity contribution in [2.75, 3.05) is 0 Å². The Bertz CT molecular complexity index is 1250. The molecule has 0 atom stereocenters. The van der Waals surface area contributed by atoms with Crippen LogP contribution in [0.25, 0.3) is 48.8 Å². The molecule has 0 aliphatic rings. The topological polar surface area (TPSA) is 12.9 Å². The molecule has 128 valence electrons. The van der Waals surface area contributed by atoms with Gasteiger partial charge in [-0.1, -0.05) is 85.5 Å². The van der Waals surface area contributed by atoms with Crippen molar-refractivity contribution in [1.29, 1.82) is 0 Å². The molecule has 0 fully saturated rings. The highest BCUT2D eigenvalue weighted by Crippen LogP contribution is 2.41. The second kappa shape index (κ2) is 6.49. The molecule has 5 aromatic rings. The predicted molar refractivity (Wildman–Crippen MR) is 118 cm³/mol. The monoisotopic (exact) mass is 363 g/mol. The van der Waals surface area contributed by atoms with Crippen molar-refractivity contribution in [3.63, 3.8) is 0 Å². The van der Waals surface area contributed by atoms with Crippen molar-refractivity contribution in [2.24, 2.45) is 0 Å². The third-order valence-electron chi connectivity index (χ3n) is 4.89. The summed E-state index contributed by atoms with van der Waals surface area (Å²) in [5.41, 5.74) is 5.80. The highest BCUT2D eigenvalue weighted by Gasteiger charge is 2.15. The van der Waals surface area contributed by atoms with Crippen LogP contribution in [0.5, 0.6) is 0 Å². The Morgan fingerprint density at radius 3 is 2.37 bits per heavy atom. The van der Waals surface area contributed by atoms with Crippen molar-refractivity contribution in [1.82, 2.24) is 4.98 Å². The van der Waals surface area contributed by atoms with E-state index in [0.717, 1.165) is 16.1 Å². The molecule has 1 aromatic heterocycles. The number of hydrogen-bond acceptors (Lipinski definition) is 2. The lowest BCUT2D eigenvalue weighted by Gasteiger charge is -2.12. The van der Waals surface area contributed by atoms with Gasteiger partial charge in [-0.25, -0.2) is 4.98 Å². The van der Waals surface area contributed by atoms with Crippen LogP contribution in [0.1, 0.15) is 5.56 Å². The summed E-state index contributed by atoms with van der Waals surface area (Å²) >= 11 is 1.75. The normalized spacial score (nSPS) is 11.1. The first-order valence-electron chi connectivity index (χ1n) is 8.94. The molecule has 0 saturated heterocycles. The summed E-state index contributed by atoms with van der Waals surface area (Å²) in [6, 6.07) is 29.8. The molecule has 5 rings (SSSR count). The molecule has 0 amide bonds. The van der Waals surface area contributed by atoms with E-state index in [4.69, 9.17) is 4.98 Å². The lowest BCUT2D eigenvalue weighted by Crippen LogP contribution is -1.88. The van der Waals surface area contributed by atoms with Gasteiger partial charge in [0.2, 0.25) is 0 Å². The quantitative estimate of drug-likeness (QED) is 0.325. The SMILES string of the molecule is C=Cc1ccc(-c2ccc3ccccc3c2-c2nc3ccccc3s2)cc1. The number of hydrogen-bond donors (Lipinski definition) is 0. The van der Waals surface area contributed by atoms with E-state index in [1.807, 2.05) is 12.1 Å². The first-order valence-corrected chi connectivity index (χ1v) is 9.76. The van der Waals surface area contributed by atoms with Crippen molar-refractivity contribution in [3.8, 4) is 21.7 Å². The molecule has 0 saturated carbocycles. The van der Waals surface area contributed by atoms with Gasteiger partial charge in [0, 0.05) is 5.56 Å². The van der Waals surface area contributed by atoms with Gasteiger partial charge in [-0.3, -0.25) is 0 Å². The van der Waals surface area contributed by atoms with Crippen LogP contribution in [0.15, 0.2) is 91.5 Å². The standard InChI is InChI=1S/C25H17NS/c1-2-17-11-13-19(14-12-17)21-16-15-18-7-3-4-8-20(18)24(21)25-26-22-9-5-6-10-23(22)27-25/h2-16H,1H2. The van der Waals surface area contributed by atoms with Gasteiger partial charge in [-0.2, -0.15) is 0 Å². The fourth-order valence-electron chi connectivity index (χ4n) is 3.52. The van der Waals surface area contributed by atoms with E-state index in [1.54, 1.807) is 11.3 Å². The van der Waals surface area contributed by atoms with E-state index in [0.29, 0.717) is 0 Å². The molecule has 1 nitrogen and oxygen atoms in total. The largest absolute Gasteiger partial charge is 0.236 e. The fraction of sp³-hybridized carbons (Fsp3) is 0. The molecule has 2 heteroatoms. The van der Waals surface area contributed by atoms with Crippen LogP contribution < -0.4 is 0 Å². The molecule has 0 spiro atoms. The molecule has 27 heavy (non-hydrogen) atoms. The first kappa shape index (κ1) is 16.0. The zero-order valence-electron chi connectivity index (χ0n) is 14.7. The second-order valence-corrected chi connectivity index (χ2v) is 7.55. The number of thiazole rings is 1. The Kier molecular flexibility index (Phi) is 3.84. The molecule has 4 aromatic carbocycles. The van der Waals surface area contributed by atoms with E-state index in [-0.39, 0.29) is 0 Å². The summed E-state index contributed by atoms with van der Waals surface area (Å²) in [5.74, 6) is 0. The van der Waals surface area contributed by atoms with Crippen molar-refractivity contribution in [2.45, 2.75) is 0 Å². The molecule has 1 heterocycles.